The number of amides is 1. The number of morpholine rings is 1. The number of ether oxygens (including phenoxy) is 1. The number of thiazole rings is 1. The molecule has 2 aromatic rings. The van der Waals surface area contributed by atoms with E-state index in [2.05, 4.69) is 9.88 Å². The molecule has 0 N–H and O–H groups in total. The van der Waals surface area contributed by atoms with Gasteiger partial charge in [0.15, 0.2) is 5.13 Å². The Morgan fingerprint density at radius 1 is 1.13 bits per heavy atom. The third-order valence-corrected chi connectivity index (χ3v) is 6.45. The Labute approximate surface area is 179 Å². The van der Waals surface area contributed by atoms with E-state index in [9.17, 15) is 14.9 Å². The molecule has 0 atom stereocenters. The first-order valence-corrected chi connectivity index (χ1v) is 11.0. The fourth-order valence-corrected chi connectivity index (χ4v) is 4.71. The monoisotopic (exact) mass is 431 g/mol. The van der Waals surface area contributed by atoms with Crippen molar-refractivity contribution >= 4 is 33.8 Å². The standard InChI is InChI=1S/C20H25N5O4S/c1-15-14-30-20(21-15)24-6-2-5-22(7-8-24)17-4-3-16(13-18(17)25(27)28)19(26)23-9-11-29-12-10-23/h3-4,13-14H,2,5-12H2,1H3. The first-order chi connectivity index (χ1) is 14.5. The van der Waals surface area contributed by atoms with Gasteiger partial charge < -0.3 is 19.4 Å². The quantitative estimate of drug-likeness (QED) is 0.543. The van der Waals surface area contributed by atoms with Gasteiger partial charge in [-0.3, -0.25) is 14.9 Å². The number of nitro benzene ring substituents is 1. The molecule has 9 nitrogen and oxygen atoms in total. The summed E-state index contributed by atoms with van der Waals surface area (Å²) < 4.78 is 5.28. The number of carbonyl (C=O) groups excluding carboxylic acids is 1. The first kappa shape index (κ1) is 20.5. The molecule has 1 amide bonds. The molecule has 30 heavy (non-hydrogen) atoms. The summed E-state index contributed by atoms with van der Waals surface area (Å²) in [5, 5.41) is 14.8. The van der Waals surface area contributed by atoms with Crippen molar-refractivity contribution in [2.75, 3.05) is 62.3 Å². The van der Waals surface area contributed by atoms with Gasteiger partial charge in [0.2, 0.25) is 0 Å². The lowest BCUT2D eigenvalue weighted by Gasteiger charge is -2.27. The van der Waals surface area contributed by atoms with Crippen LogP contribution in [0.5, 0.6) is 0 Å². The van der Waals surface area contributed by atoms with Crippen LogP contribution in [0, 0.1) is 17.0 Å². The summed E-state index contributed by atoms with van der Waals surface area (Å²) in [7, 11) is 0. The number of nitrogens with zero attached hydrogens (tertiary/aromatic N) is 5. The highest BCUT2D eigenvalue weighted by molar-refractivity contribution is 7.13. The molecule has 2 fully saturated rings. The molecule has 0 unspecified atom stereocenters. The molecule has 1 aromatic carbocycles. The van der Waals surface area contributed by atoms with Crippen LogP contribution < -0.4 is 9.80 Å². The topological polar surface area (TPSA) is 92.0 Å². The van der Waals surface area contributed by atoms with E-state index < -0.39 is 4.92 Å². The van der Waals surface area contributed by atoms with Crippen molar-refractivity contribution in [2.45, 2.75) is 13.3 Å². The molecule has 0 radical (unpaired) electrons. The Kier molecular flexibility index (Phi) is 6.14. The van der Waals surface area contributed by atoms with Crippen LogP contribution in [-0.4, -0.2) is 73.2 Å². The number of rotatable bonds is 4. The van der Waals surface area contributed by atoms with Crippen LogP contribution in [0.25, 0.3) is 0 Å². The van der Waals surface area contributed by atoms with Crippen LogP contribution in [0.3, 0.4) is 0 Å². The van der Waals surface area contributed by atoms with E-state index in [0.29, 0.717) is 44.1 Å². The molecule has 0 spiro atoms. The van der Waals surface area contributed by atoms with Crippen LogP contribution in [0.1, 0.15) is 22.5 Å². The van der Waals surface area contributed by atoms with Crippen molar-refractivity contribution in [2.24, 2.45) is 0 Å². The lowest BCUT2D eigenvalue weighted by molar-refractivity contribution is -0.384. The second kappa shape index (κ2) is 8.97. The fourth-order valence-electron chi connectivity index (χ4n) is 3.86. The zero-order valence-corrected chi connectivity index (χ0v) is 17.8. The molecular formula is C20H25N5O4S. The predicted molar refractivity (Wildman–Crippen MR) is 116 cm³/mol. The van der Waals surface area contributed by atoms with E-state index in [-0.39, 0.29) is 11.6 Å². The summed E-state index contributed by atoms with van der Waals surface area (Å²) >= 11 is 1.63. The third kappa shape index (κ3) is 4.39. The molecule has 2 aliphatic heterocycles. The van der Waals surface area contributed by atoms with Gasteiger partial charge in [-0.25, -0.2) is 4.98 Å². The highest BCUT2D eigenvalue weighted by Gasteiger charge is 2.26. The van der Waals surface area contributed by atoms with Crippen LogP contribution in [0.4, 0.5) is 16.5 Å². The minimum Gasteiger partial charge on any atom is -0.378 e. The van der Waals surface area contributed by atoms with Crippen molar-refractivity contribution in [1.29, 1.82) is 0 Å². The number of benzene rings is 1. The molecule has 10 heteroatoms. The highest BCUT2D eigenvalue weighted by atomic mass is 32.1. The van der Waals surface area contributed by atoms with Gasteiger partial charge in [0.05, 0.1) is 23.8 Å². The molecule has 2 aliphatic rings. The van der Waals surface area contributed by atoms with Crippen LogP contribution in [0.15, 0.2) is 23.6 Å². The zero-order valence-electron chi connectivity index (χ0n) is 17.0. The summed E-state index contributed by atoms with van der Waals surface area (Å²) in [6.45, 7) is 6.98. The van der Waals surface area contributed by atoms with Crippen LogP contribution in [-0.2, 0) is 4.74 Å². The first-order valence-electron chi connectivity index (χ1n) is 10.1. The molecule has 1 aromatic heterocycles. The molecular weight excluding hydrogens is 406 g/mol. The fraction of sp³-hybridized carbons (Fsp3) is 0.500. The Balaban J connectivity index is 1.53. The second-order valence-electron chi connectivity index (χ2n) is 7.46. The van der Waals surface area contributed by atoms with Gasteiger partial charge in [-0.05, 0) is 25.5 Å². The van der Waals surface area contributed by atoms with Crippen LogP contribution >= 0.6 is 11.3 Å². The Bertz CT molecular complexity index is 928. The van der Waals surface area contributed by atoms with E-state index in [1.807, 2.05) is 17.2 Å². The Morgan fingerprint density at radius 2 is 1.87 bits per heavy atom. The van der Waals surface area contributed by atoms with Crippen molar-refractivity contribution in [3.8, 4) is 0 Å². The highest BCUT2D eigenvalue weighted by Crippen LogP contribution is 2.31. The smallest absolute Gasteiger partial charge is 0.293 e. The van der Waals surface area contributed by atoms with Gasteiger partial charge in [0.25, 0.3) is 11.6 Å². The maximum Gasteiger partial charge on any atom is 0.293 e. The average molecular weight is 432 g/mol. The predicted octanol–water partition coefficient (Wildman–Crippen LogP) is 2.55. The minimum atomic E-state index is -0.391. The summed E-state index contributed by atoms with van der Waals surface area (Å²) in [6.07, 6.45) is 0.879. The van der Waals surface area contributed by atoms with E-state index in [1.54, 1.807) is 28.4 Å². The minimum absolute atomic E-state index is 0.0207. The van der Waals surface area contributed by atoms with E-state index in [1.165, 1.54) is 6.07 Å². The number of anilines is 2. The van der Waals surface area contributed by atoms with Gasteiger partial charge in [-0.2, -0.15) is 0 Å². The SMILES string of the molecule is Cc1csc(N2CCCN(c3ccc(C(=O)N4CCOCC4)cc3[N+](=O)[O-])CC2)n1. The van der Waals surface area contributed by atoms with Gasteiger partial charge >= 0.3 is 0 Å². The summed E-state index contributed by atoms with van der Waals surface area (Å²) in [4.78, 5) is 34.7. The average Bonchev–Trinajstić information content (AvgIpc) is 3.05. The largest absolute Gasteiger partial charge is 0.378 e. The van der Waals surface area contributed by atoms with Crippen molar-refractivity contribution < 1.29 is 14.5 Å². The summed E-state index contributed by atoms with van der Waals surface area (Å²) in [5.41, 5.74) is 1.90. The number of hydrogen-bond donors (Lipinski definition) is 0. The number of nitro groups is 1. The summed E-state index contributed by atoms with van der Waals surface area (Å²) in [6, 6.07) is 4.84. The van der Waals surface area contributed by atoms with E-state index >= 15 is 0 Å². The van der Waals surface area contributed by atoms with Gasteiger partial charge in [-0.15, -0.1) is 11.3 Å². The molecule has 3 heterocycles. The van der Waals surface area contributed by atoms with E-state index in [4.69, 9.17) is 4.74 Å². The van der Waals surface area contributed by atoms with Gasteiger partial charge in [-0.1, -0.05) is 0 Å². The molecule has 0 saturated carbocycles. The van der Waals surface area contributed by atoms with E-state index in [0.717, 1.165) is 36.9 Å². The number of carbonyl (C=O) groups is 1. The second-order valence-corrected chi connectivity index (χ2v) is 8.30. The molecule has 0 bridgehead atoms. The number of hydrogen-bond acceptors (Lipinski definition) is 8. The molecule has 2 saturated heterocycles. The lowest BCUT2D eigenvalue weighted by atomic mass is 10.1. The lowest BCUT2D eigenvalue weighted by Crippen LogP contribution is -2.40. The van der Waals surface area contributed by atoms with Gasteiger partial charge in [0, 0.05) is 56.3 Å². The summed E-state index contributed by atoms with van der Waals surface area (Å²) in [5.74, 6) is -0.186. The van der Waals surface area contributed by atoms with Crippen molar-refractivity contribution in [3.63, 3.8) is 0 Å². The Morgan fingerprint density at radius 3 is 2.57 bits per heavy atom. The molecule has 160 valence electrons. The van der Waals surface area contributed by atoms with Gasteiger partial charge in [0.1, 0.15) is 5.69 Å². The maximum atomic E-state index is 12.7. The maximum absolute atomic E-state index is 12.7. The number of aromatic nitrogens is 1. The van der Waals surface area contributed by atoms with Crippen molar-refractivity contribution in [3.05, 3.63) is 45.0 Å². The van der Waals surface area contributed by atoms with Crippen LogP contribution in [0.2, 0.25) is 0 Å². The molecule has 0 aliphatic carbocycles. The number of aryl methyl sites for hydroxylation is 1. The Hall–Kier alpha value is -2.72. The third-order valence-electron chi connectivity index (χ3n) is 5.43. The normalized spacial score (nSPS) is 17.7. The molecule has 4 rings (SSSR count). The zero-order chi connectivity index (χ0) is 21.1. The van der Waals surface area contributed by atoms with Crippen molar-refractivity contribution in [1.82, 2.24) is 9.88 Å².